The van der Waals surface area contributed by atoms with Gasteiger partial charge in [0.15, 0.2) is 9.84 Å². The molecule has 0 amide bonds. The van der Waals surface area contributed by atoms with Gasteiger partial charge in [-0.1, -0.05) is 78.9 Å². The van der Waals surface area contributed by atoms with Crippen molar-refractivity contribution in [3.8, 4) is 22.3 Å². The monoisotopic (exact) mass is 354 g/mol. The van der Waals surface area contributed by atoms with E-state index in [0.29, 0.717) is 0 Å². The van der Waals surface area contributed by atoms with Crippen molar-refractivity contribution in [3.63, 3.8) is 0 Å². The molecule has 0 aliphatic rings. The fraction of sp³-hybridized carbons (Fsp3) is 0.100. The second-order valence-corrected chi connectivity index (χ2v) is 8.40. The molecular formula is C20H18O2S2. The Kier molecular flexibility index (Phi) is 5.07. The molecule has 0 heterocycles. The van der Waals surface area contributed by atoms with Gasteiger partial charge in [0.05, 0.1) is 10.8 Å². The third kappa shape index (κ3) is 3.71. The average Bonchev–Trinajstić information content (AvgIpc) is 2.63. The van der Waals surface area contributed by atoms with Crippen LogP contribution in [0.4, 0.5) is 0 Å². The largest absolute Gasteiger partial charge is 0.228 e. The predicted molar refractivity (Wildman–Crippen MR) is 104 cm³/mol. The number of rotatable bonds is 5. The molecule has 0 saturated heterocycles. The lowest BCUT2D eigenvalue weighted by Gasteiger charge is -2.15. The molecule has 3 rings (SSSR count). The van der Waals surface area contributed by atoms with E-state index in [4.69, 9.17) is 0 Å². The van der Waals surface area contributed by atoms with E-state index in [1.54, 1.807) is 0 Å². The van der Waals surface area contributed by atoms with Crippen LogP contribution in [-0.2, 0) is 15.6 Å². The van der Waals surface area contributed by atoms with E-state index in [-0.39, 0.29) is 10.8 Å². The van der Waals surface area contributed by atoms with Gasteiger partial charge in [-0.2, -0.15) is 12.6 Å². The number of hydrogen-bond donors (Lipinski definition) is 1. The highest BCUT2D eigenvalue weighted by molar-refractivity contribution is 8.03. The van der Waals surface area contributed by atoms with Crippen LogP contribution < -0.4 is 0 Å². The smallest absolute Gasteiger partial charge is 0.163 e. The Morgan fingerprint density at radius 2 is 1.29 bits per heavy atom. The van der Waals surface area contributed by atoms with Crippen molar-refractivity contribution in [2.24, 2.45) is 0 Å². The van der Waals surface area contributed by atoms with E-state index in [1.165, 1.54) is 0 Å². The molecule has 0 unspecified atom stereocenters. The van der Waals surface area contributed by atoms with Gasteiger partial charge in [-0.15, -0.1) is 0 Å². The molecule has 0 aliphatic heterocycles. The Labute approximate surface area is 148 Å². The lowest BCUT2D eigenvalue weighted by Crippen LogP contribution is -2.07. The first-order valence-electron chi connectivity index (χ1n) is 7.65. The van der Waals surface area contributed by atoms with Crippen molar-refractivity contribution in [1.82, 2.24) is 0 Å². The van der Waals surface area contributed by atoms with Crippen LogP contribution in [0.2, 0.25) is 0 Å². The Bertz CT molecular complexity index is 918. The second-order valence-electron chi connectivity index (χ2n) is 5.59. The number of hydrogen-bond acceptors (Lipinski definition) is 3. The molecule has 24 heavy (non-hydrogen) atoms. The normalized spacial score (nSPS) is 11.4. The molecular weight excluding hydrogens is 336 g/mol. The van der Waals surface area contributed by atoms with Gasteiger partial charge in [0.2, 0.25) is 0 Å². The molecule has 0 aliphatic carbocycles. The van der Waals surface area contributed by atoms with Crippen molar-refractivity contribution in [2.75, 3.05) is 5.08 Å². The van der Waals surface area contributed by atoms with E-state index < -0.39 is 9.84 Å². The van der Waals surface area contributed by atoms with Crippen molar-refractivity contribution >= 4 is 22.5 Å². The van der Waals surface area contributed by atoms with Gasteiger partial charge in [0, 0.05) is 0 Å². The lowest BCUT2D eigenvalue weighted by molar-refractivity contribution is 0.600. The fourth-order valence-corrected chi connectivity index (χ4v) is 3.89. The molecule has 0 aromatic heterocycles. The molecule has 4 heteroatoms. The van der Waals surface area contributed by atoms with E-state index >= 15 is 0 Å². The Morgan fingerprint density at radius 1 is 0.708 bits per heavy atom. The van der Waals surface area contributed by atoms with E-state index in [1.807, 2.05) is 78.9 Å². The van der Waals surface area contributed by atoms with Crippen molar-refractivity contribution < 1.29 is 8.42 Å². The second kappa shape index (κ2) is 7.24. The highest BCUT2D eigenvalue weighted by Gasteiger charge is 2.17. The van der Waals surface area contributed by atoms with Crippen LogP contribution in [0.15, 0.2) is 78.9 Å². The lowest BCUT2D eigenvalue weighted by atomic mass is 9.91. The minimum atomic E-state index is -3.24. The molecule has 3 aromatic rings. The maximum atomic E-state index is 12.1. The third-order valence-electron chi connectivity index (χ3n) is 3.87. The molecule has 0 fully saturated rings. The van der Waals surface area contributed by atoms with Gasteiger partial charge in [-0.05, 0) is 27.8 Å². The van der Waals surface area contributed by atoms with E-state index in [2.05, 4.69) is 12.6 Å². The summed E-state index contributed by atoms with van der Waals surface area (Å²) in [6.07, 6.45) is 0. The molecule has 0 bridgehead atoms. The predicted octanol–water partition coefficient (Wildman–Crippen LogP) is 4.82. The summed E-state index contributed by atoms with van der Waals surface area (Å²) in [5, 5.41) is -0.156. The molecule has 2 nitrogen and oxygen atoms in total. The summed E-state index contributed by atoms with van der Waals surface area (Å²) in [6, 6.07) is 25.8. The van der Waals surface area contributed by atoms with Crippen molar-refractivity contribution in [3.05, 3.63) is 84.4 Å². The highest BCUT2D eigenvalue weighted by Crippen LogP contribution is 2.35. The highest BCUT2D eigenvalue weighted by atomic mass is 32.2. The molecule has 0 radical (unpaired) electrons. The summed E-state index contributed by atoms with van der Waals surface area (Å²) in [6.45, 7) is 0. The van der Waals surface area contributed by atoms with Gasteiger partial charge in [0.25, 0.3) is 0 Å². The minimum Gasteiger partial charge on any atom is -0.228 e. The number of benzene rings is 3. The zero-order chi connectivity index (χ0) is 17.0. The Hall–Kier alpha value is -2.04. The van der Waals surface area contributed by atoms with Crippen molar-refractivity contribution in [1.29, 1.82) is 0 Å². The molecule has 0 spiro atoms. The summed E-state index contributed by atoms with van der Waals surface area (Å²) in [4.78, 5) is 0. The van der Waals surface area contributed by atoms with Gasteiger partial charge >= 0.3 is 0 Å². The first-order valence-corrected chi connectivity index (χ1v) is 10.1. The van der Waals surface area contributed by atoms with Crippen LogP contribution in [-0.4, -0.2) is 13.5 Å². The van der Waals surface area contributed by atoms with E-state index in [0.717, 1.165) is 27.8 Å². The SMILES string of the molecule is O=S(=O)(CS)Cc1cccc(-c2ccccc2)c1-c1ccccc1. The van der Waals surface area contributed by atoms with Crippen LogP contribution in [0.5, 0.6) is 0 Å². The molecule has 0 N–H and O–H groups in total. The maximum Gasteiger partial charge on any atom is 0.163 e. The van der Waals surface area contributed by atoms with Gasteiger partial charge in [-0.25, -0.2) is 8.42 Å². The van der Waals surface area contributed by atoms with Crippen LogP contribution in [0.1, 0.15) is 5.56 Å². The summed E-state index contributed by atoms with van der Waals surface area (Å²) in [5.41, 5.74) is 4.89. The first-order chi connectivity index (χ1) is 11.6. The molecule has 0 saturated carbocycles. The average molecular weight is 354 g/mol. The maximum absolute atomic E-state index is 12.1. The molecule has 0 atom stereocenters. The Balaban J connectivity index is 2.24. The number of sulfone groups is 1. The first kappa shape index (κ1) is 16.8. The zero-order valence-corrected chi connectivity index (χ0v) is 14.8. The van der Waals surface area contributed by atoms with Gasteiger partial charge < -0.3 is 0 Å². The van der Waals surface area contributed by atoms with Crippen LogP contribution in [0.25, 0.3) is 22.3 Å². The van der Waals surface area contributed by atoms with Crippen LogP contribution >= 0.6 is 12.6 Å². The van der Waals surface area contributed by atoms with Crippen LogP contribution in [0.3, 0.4) is 0 Å². The minimum absolute atomic E-state index is 0.0125. The summed E-state index contributed by atoms with van der Waals surface area (Å²) in [5.74, 6) is -0.0125. The topological polar surface area (TPSA) is 34.1 Å². The zero-order valence-electron chi connectivity index (χ0n) is 13.1. The molecule has 3 aromatic carbocycles. The summed E-state index contributed by atoms with van der Waals surface area (Å²) >= 11 is 3.96. The van der Waals surface area contributed by atoms with Gasteiger partial charge in [0.1, 0.15) is 0 Å². The summed E-state index contributed by atoms with van der Waals surface area (Å²) in [7, 11) is -3.24. The fourth-order valence-electron chi connectivity index (χ4n) is 2.81. The molecule has 122 valence electrons. The number of thiol groups is 1. The van der Waals surface area contributed by atoms with E-state index in [9.17, 15) is 8.42 Å². The van der Waals surface area contributed by atoms with Crippen molar-refractivity contribution in [2.45, 2.75) is 5.75 Å². The standard InChI is InChI=1S/C20H18O2S2/c21-24(22,15-23)14-18-12-7-13-19(16-8-3-1-4-9-16)20(18)17-10-5-2-6-11-17/h1-13,23H,14-15H2. The van der Waals surface area contributed by atoms with Gasteiger partial charge in [-0.3, -0.25) is 0 Å². The third-order valence-corrected chi connectivity index (χ3v) is 6.19. The summed E-state index contributed by atoms with van der Waals surface area (Å²) < 4.78 is 24.2. The quantitative estimate of drug-likeness (QED) is 0.666. The van der Waals surface area contributed by atoms with Crippen LogP contribution in [0, 0.1) is 0 Å². The Morgan fingerprint density at radius 3 is 1.88 bits per heavy atom.